The van der Waals surface area contributed by atoms with Crippen LogP contribution in [0.5, 0.6) is 0 Å². The molecule has 9 nitrogen and oxygen atoms in total. The summed E-state index contributed by atoms with van der Waals surface area (Å²) in [6.07, 6.45) is 2.88. The average Bonchev–Trinajstić information content (AvgIpc) is 3.35. The molecular weight excluding hydrogens is 470 g/mol. The Morgan fingerprint density at radius 2 is 2.17 bits per heavy atom. The van der Waals surface area contributed by atoms with Crippen LogP contribution in [0.1, 0.15) is 34.5 Å². The highest BCUT2D eigenvalue weighted by molar-refractivity contribution is 6.33. The molecule has 0 fully saturated rings. The topological polar surface area (TPSA) is 101 Å². The first-order chi connectivity index (χ1) is 17.0. The number of hydrogen-bond acceptors (Lipinski definition) is 6. The Hall–Kier alpha value is -3.44. The van der Waals surface area contributed by atoms with Gasteiger partial charge < -0.3 is 15.9 Å². The highest BCUT2D eigenvalue weighted by atomic mass is 35.5. The largest absolute Gasteiger partial charge is 0.387 e. The smallest absolute Gasteiger partial charge is 0.270 e. The van der Waals surface area contributed by atoms with Crippen molar-refractivity contribution in [3.8, 4) is 11.4 Å². The molecule has 0 spiro atoms. The fourth-order valence-corrected chi connectivity index (χ4v) is 4.41. The number of halogens is 2. The van der Waals surface area contributed by atoms with Gasteiger partial charge in [-0.25, -0.2) is 19.0 Å². The van der Waals surface area contributed by atoms with E-state index in [1.165, 1.54) is 6.07 Å². The van der Waals surface area contributed by atoms with Crippen molar-refractivity contribution in [2.75, 3.05) is 18.9 Å². The SMILES string of the molecule is CCc1nc2cc(NC)c(Cl)cn2c1C(=O)NCc1ccc(-c2nc3n(n2)CCN[B]C3)c(F)c1. The number of fused-ring (bicyclic) bond motifs is 2. The van der Waals surface area contributed by atoms with Crippen molar-refractivity contribution >= 4 is 36.3 Å². The lowest BCUT2D eigenvalue weighted by Crippen LogP contribution is -2.25. The predicted molar refractivity (Wildman–Crippen MR) is 133 cm³/mol. The number of carbonyl (C=O) groups excluding carboxylic acids is 1. The van der Waals surface area contributed by atoms with Crippen molar-refractivity contribution in [2.45, 2.75) is 32.8 Å². The maximum Gasteiger partial charge on any atom is 0.270 e. The Kier molecular flexibility index (Phi) is 6.44. The van der Waals surface area contributed by atoms with Crippen molar-refractivity contribution in [2.24, 2.45) is 0 Å². The number of imidazole rings is 1. The molecule has 3 N–H and O–H groups in total. The van der Waals surface area contributed by atoms with Gasteiger partial charge in [0.2, 0.25) is 7.41 Å². The van der Waals surface area contributed by atoms with Crippen LogP contribution in [0.4, 0.5) is 10.1 Å². The third kappa shape index (κ3) is 4.49. The summed E-state index contributed by atoms with van der Waals surface area (Å²) in [4.78, 5) is 22.2. The van der Waals surface area contributed by atoms with Crippen LogP contribution in [0.25, 0.3) is 17.0 Å². The Bertz CT molecular complexity index is 1400. The molecule has 5 rings (SSSR count). The Morgan fingerprint density at radius 3 is 2.94 bits per heavy atom. The van der Waals surface area contributed by atoms with Crippen LogP contribution < -0.4 is 15.9 Å². The normalized spacial score (nSPS) is 13.3. The standard InChI is InChI=1S/C23H24BClFN8O/c1-3-17-21(33-12-15(25)18(27-2)9-19(33)30-17)23(35)28-11-13-4-5-14(16(26)8-13)22-31-20-10-24-29-6-7-34(20)32-22/h4-5,8-9,12,27,29H,3,6-7,10-11H2,1-2H3,(H,28,35). The number of aryl methyl sites for hydroxylation is 1. The zero-order valence-electron chi connectivity index (χ0n) is 19.4. The fraction of sp³-hybridized carbons (Fsp3) is 0.304. The summed E-state index contributed by atoms with van der Waals surface area (Å²) in [5.41, 5.74) is 3.38. The van der Waals surface area contributed by atoms with E-state index >= 15 is 0 Å². The molecule has 0 saturated heterocycles. The minimum absolute atomic E-state index is 0.155. The van der Waals surface area contributed by atoms with E-state index in [1.54, 1.807) is 40.5 Å². The number of aromatic nitrogens is 5. The maximum atomic E-state index is 15.0. The predicted octanol–water partition coefficient (Wildman–Crippen LogP) is 2.64. The molecule has 0 atom stereocenters. The number of pyridine rings is 1. The molecule has 1 amide bonds. The van der Waals surface area contributed by atoms with Crippen LogP contribution in [0, 0.1) is 5.82 Å². The molecule has 4 heterocycles. The van der Waals surface area contributed by atoms with Crippen LogP contribution in [0.3, 0.4) is 0 Å². The lowest BCUT2D eigenvalue weighted by Gasteiger charge is -2.09. The minimum Gasteiger partial charge on any atom is -0.387 e. The summed E-state index contributed by atoms with van der Waals surface area (Å²) in [5.74, 6) is 0.411. The van der Waals surface area contributed by atoms with E-state index in [0.717, 1.165) is 18.1 Å². The third-order valence-electron chi connectivity index (χ3n) is 5.98. The molecule has 0 aliphatic carbocycles. The van der Waals surface area contributed by atoms with Crippen molar-refractivity contribution in [1.82, 2.24) is 34.7 Å². The highest BCUT2D eigenvalue weighted by Gasteiger charge is 2.20. The van der Waals surface area contributed by atoms with Gasteiger partial charge in [0.05, 0.1) is 28.5 Å². The minimum atomic E-state index is -0.435. The third-order valence-corrected chi connectivity index (χ3v) is 6.28. The van der Waals surface area contributed by atoms with Gasteiger partial charge in [-0.2, -0.15) is 5.10 Å². The van der Waals surface area contributed by atoms with Crippen LogP contribution in [0.2, 0.25) is 5.02 Å². The fourth-order valence-electron chi connectivity index (χ4n) is 4.16. The monoisotopic (exact) mass is 493 g/mol. The molecule has 1 radical (unpaired) electrons. The zero-order valence-corrected chi connectivity index (χ0v) is 20.2. The first-order valence-corrected chi connectivity index (χ1v) is 11.8. The van der Waals surface area contributed by atoms with Crippen molar-refractivity contribution in [3.63, 3.8) is 0 Å². The Labute approximate surface area is 207 Å². The second-order valence-corrected chi connectivity index (χ2v) is 8.62. The van der Waals surface area contributed by atoms with Crippen molar-refractivity contribution in [3.05, 3.63) is 64.1 Å². The van der Waals surface area contributed by atoms with Gasteiger partial charge in [0, 0.05) is 32.4 Å². The molecule has 1 aliphatic rings. The van der Waals surface area contributed by atoms with E-state index in [9.17, 15) is 9.18 Å². The number of hydrogen-bond donors (Lipinski definition) is 3. The number of nitrogens with zero attached hydrogens (tertiary/aromatic N) is 5. The molecule has 0 unspecified atom stereocenters. The number of nitrogens with one attached hydrogen (secondary N) is 3. The Balaban J connectivity index is 1.35. The van der Waals surface area contributed by atoms with Gasteiger partial charge in [-0.1, -0.05) is 24.6 Å². The lowest BCUT2D eigenvalue weighted by molar-refractivity contribution is 0.0944. The molecule has 35 heavy (non-hydrogen) atoms. The second kappa shape index (κ2) is 9.67. The van der Waals surface area contributed by atoms with Gasteiger partial charge in [-0.15, -0.1) is 0 Å². The maximum absolute atomic E-state index is 15.0. The Morgan fingerprint density at radius 1 is 1.31 bits per heavy atom. The molecule has 1 aliphatic heterocycles. The van der Waals surface area contributed by atoms with Crippen LogP contribution in [-0.2, 0) is 25.8 Å². The summed E-state index contributed by atoms with van der Waals surface area (Å²) in [6.45, 7) is 3.52. The summed E-state index contributed by atoms with van der Waals surface area (Å²) in [5, 5.41) is 14.0. The summed E-state index contributed by atoms with van der Waals surface area (Å²) in [7, 11) is 3.70. The van der Waals surface area contributed by atoms with Crippen LogP contribution in [0.15, 0.2) is 30.5 Å². The molecule has 3 aromatic heterocycles. The van der Waals surface area contributed by atoms with Crippen LogP contribution in [-0.4, -0.2) is 51.1 Å². The zero-order chi connectivity index (χ0) is 24.5. The van der Waals surface area contributed by atoms with Gasteiger partial charge in [0.1, 0.15) is 23.0 Å². The average molecular weight is 494 g/mol. The van der Waals surface area contributed by atoms with Gasteiger partial charge in [0.25, 0.3) is 5.91 Å². The molecule has 12 heteroatoms. The summed E-state index contributed by atoms with van der Waals surface area (Å²) in [6, 6.07) is 6.62. The van der Waals surface area contributed by atoms with E-state index in [1.807, 2.05) is 14.3 Å². The molecule has 0 bridgehead atoms. The number of rotatable bonds is 6. The number of carbonyl (C=O) groups is 1. The number of amides is 1. The van der Waals surface area contributed by atoms with E-state index in [4.69, 9.17) is 11.6 Å². The second-order valence-electron chi connectivity index (χ2n) is 8.21. The van der Waals surface area contributed by atoms with E-state index in [0.29, 0.717) is 58.3 Å². The van der Waals surface area contributed by atoms with Gasteiger partial charge in [-0.3, -0.25) is 9.20 Å². The van der Waals surface area contributed by atoms with Gasteiger partial charge >= 0.3 is 0 Å². The van der Waals surface area contributed by atoms with Gasteiger partial charge in [0.15, 0.2) is 5.82 Å². The first kappa shape index (κ1) is 23.3. The molecule has 4 aromatic rings. The van der Waals surface area contributed by atoms with Crippen molar-refractivity contribution in [1.29, 1.82) is 0 Å². The first-order valence-electron chi connectivity index (χ1n) is 11.4. The molecule has 1 aromatic carbocycles. The lowest BCUT2D eigenvalue weighted by atomic mass is 9.89. The number of anilines is 1. The van der Waals surface area contributed by atoms with Gasteiger partial charge in [-0.05, 0) is 30.4 Å². The van der Waals surface area contributed by atoms with E-state index < -0.39 is 5.82 Å². The quantitative estimate of drug-likeness (QED) is 0.357. The summed E-state index contributed by atoms with van der Waals surface area (Å²) >= 11 is 6.33. The number of benzene rings is 1. The van der Waals surface area contributed by atoms with Crippen molar-refractivity contribution < 1.29 is 9.18 Å². The van der Waals surface area contributed by atoms with E-state index in [-0.39, 0.29) is 12.5 Å². The highest BCUT2D eigenvalue weighted by Crippen LogP contribution is 2.26. The summed E-state index contributed by atoms with van der Waals surface area (Å²) < 4.78 is 18.4. The van der Waals surface area contributed by atoms with Crippen LogP contribution >= 0.6 is 11.6 Å². The van der Waals surface area contributed by atoms with E-state index in [2.05, 4.69) is 30.9 Å². The molecule has 179 valence electrons. The molecular formula is C23H24BClFN8O. The molecule has 0 saturated carbocycles.